The SMILES string of the molecule is [2H]c1c([2H])c2c(c([2H])c1CC([2H])(N([2H])C)C([2H])([2H])[2H])OC([2H])([2H])O2. The Balaban J connectivity index is 2.60. The van der Waals surface area contributed by atoms with E-state index in [4.69, 9.17) is 23.2 Å². The molecule has 0 radical (unpaired) electrons. The molecule has 0 saturated heterocycles. The van der Waals surface area contributed by atoms with Crippen molar-refractivity contribution in [3.8, 4) is 11.5 Å². The van der Waals surface area contributed by atoms with Gasteiger partial charge in [0.1, 0.15) is 4.15 Å². The molecule has 0 fully saturated rings. The number of rotatable bonds is 3. The molecule has 0 bridgehead atoms. The Kier molecular flexibility index (Phi) is 0.869. The molecular weight excluding hydrogens is 178 g/mol. The smallest absolute Gasteiger partial charge is 0.231 e. The van der Waals surface area contributed by atoms with E-state index in [1.165, 1.54) is 0 Å². The van der Waals surface area contributed by atoms with Crippen molar-refractivity contribution in [2.24, 2.45) is 0 Å². The van der Waals surface area contributed by atoms with Crippen LogP contribution < -0.4 is 14.8 Å². The van der Waals surface area contributed by atoms with Gasteiger partial charge < -0.3 is 14.8 Å². The molecule has 1 aromatic carbocycles. The van der Waals surface area contributed by atoms with E-state index in [0.29, 0.717) is 5.31 Å². The summed E-state index contributed by atoms with van der Waals surface area (Å²) < 4.78 is 86.3. The molecule has 0 aromatic heterocycles. The van der Waals surface area contributed by atoms with Gasteiger partial charge in [0.05, 0.1) is 4.11 Å². The predicted molar refractivity (Wildman–Crippen MR) is 54.8 cm³/mol. The monoisotopic (exact) mass is 203 g/mol. The minimum absolute atomic E-state index is 0.301. The molecule has 3 nitrogen and oxygen atoms in total. The van der Waals surface area contributed by atoms with Gasteiger partial charge in [-0.1, -0.05) is 6.04 Å². The van der Waals surface area contributed by atoms with Crippen LogP contribution in [0.5, 0.6) is 11.5 Å². The fraction of sp³-hybridized carbons (Fsp3) is 0.455. The zero-order chi connectivity index (χ0) is 18.7. The largest absolute Gasteiger partial charge is 0.454 e. The number of likely N-dealkylation sites (N-methyl/N-ethyl adjacent to an activating group) is 1. The lowest BCUT2D eigenvalue weighted by Crippen LogP contribution is -2.23. The maximum Gasteiger partial charge on any atom is 0.231 e. The highest BCUT2D eigenvalue weighted by Gasteiger charge is 2.13. The summed E-state index contributed by atoms with van der Waals surface area (Å²) in [6, 6.07) is -4.13. The molecule has 0 amide bonds. The van der Waals surface area contributed by atoms with E-state index in [1.807, 2.05) is 0 Å². The molecular formula is C11H15NO2. The van der Waals surface area contributed by atoms with Crippen LogP contribution in [0, 0.1) is 0 Å². The first-order valence-electron chi connectivity index (χ1n) is 8.89. The van der Waals surface area contributed by atoms with Gasteiger partial charge in [0.25, 0.3) is 0 Å². The Bertz CT molecular complexity index is 674. The summed E-state index contributed by atoms with van der Waals surface area (Å²) in [6.07, 6.45) is -0.716. The van der Waals surface area contributed by atoms with Gasteiger partial charge in [-0.2, -0.15) is 0 Å². The highest BCUT2D eigenvalue weighted by molar-refractivity contribution is 5.44. The van der Waals surface area contributed by atoms with Gasteiger partial charge in [0.15, 0.2) is 11.5 Å². The third-order valence-corrected chi connectivity index (χ3v) is 1.70. The molecule has 14 heavy (non-hydrogen) atoms. The van der Waals surface area contributed by atoms with Crippen molar-refractivity contribution < 1.29 is 23.2 Å². The standard InChI is InChI=1S/C11H15NO2/c1-8(12-2)5-9-3-4-10-11(6-9)14-7-13-10/h3-4,6,8,12H,5,7H2,1-2H3/i1D3,3D,4D,6D,7D2,8D/hD. The van der Waals surface area contributed by atoms with E-state index in [-0.39, 0.29) is 5.56 Å². The summed E-state index contributed by atoms with van der Waals surface area (Å²) in [6.45, 7) is -5.52. The minimum atomic E-state index is -2.92. The second-order valence-electron chi connectivity index (χ2n) is 2.65. The van der Waals surface area contributed by atoms with Crippen molar-refractivity contribution in [1.29, 1.82) is 0 Å². The molecule has 1 heterocycles. The molecule has 76 valence electrons. The van der Waals surface area contributed by atoms with Crippen LogP contribution in [-0.4, -0.2) is 19.8 Å². The highest BCUT2D eigenvalue weighted by atomic mass is 16.7. The Hall–Kier alpha value is -1.22. The fourth-order valence-electron chi connectivity index (χ4n) is 0.997. The highest BCUT2D eigenvalue weighted by Crippen LogP contribution is 2.32. The molecule has 0 aliphatic carbocycles. The van der Waals surface area contributed by atoms with Gasteiger partial charge in [-0.25, -0.2) is 0 Å². The molecule has 1 N–H and O–H groups in total. The number of hydrogen-bond donors (Lipinski definition) is 1. The lowest BCUT2D eigenvalue weighted by atomic mass is 10.1. The van der Waals surface area contributed by atoms with Gasteiger partial charge >= 0.3 is 0 Å². The topological polar surface area (TPSA) is 30.5 Å². The van der Waals surface area contributed by atoms with Gasteiger partial charge in [0, 0.05) is 11.5 Å². The van der Waals surface area contributed by atoms with Gasteiger partial charge in [-0.3, -0.25) is 0 Å². The molecule has 1 atom stereocenters. The van der Waals surface area contributed by atoms with E-state index < -0.39 is 55.7 Å². The summed E-state index contributed by atoms with van der Waals surface area (Å²) in [5.41, 5.74) is -0.301. The zero-order valence-electron chi connectivity index (χ0n) is 17.5. The molecule has 2 rings (SSSR count). The molecule has 3 heteroatoms. The molecule has 1 aliphatic rings. The molecule has 0 saturated carbocycles. The van der Waals surface area contributed by atoms with E-state index in [0.717, 1.165) is 7.05 Å². The minimum Gasteiger partial charge on any atom is -0.454 e. The Labute approximate surface area is 98.1 Å². The maximum atomic E-state index is 8.10. The number of nitrogens with one attached hydrogen (secondary N) is 1. The first-order valence-corrected chi connectivity index (χ1v) is 3.94. The summed E-state index contributed by atoms with van der Waals surface area (Å²) in [5.74, 6) is -0.834. The van der Waals surface area contributed by atoms with Crippen LogP contribution in [0.25, 0.3) is 0 Å². The second-order valence-corrected chi connectivity index (χ2v) is 2.65. The quantitative estimate of drug-likeness (QED) is 0.809. The summed E-state index contributed by atoms with van der Waals surface area (Å²) >= 11 is 0. The number of benzene rings is 1. The van der Waals surface area contributed by atoms with Crippen molar-refractivity contribution in [1.82, 2.24) is 5.31 Å². The number of fused-ring (bicyclic) bond motifs is 1. The second kappa shape index (κ2) is 3.88. The van der Waals surface area contributed by atoms with Crippen LogP contribution in [-0.2, 0) is 6.42 Å². The third-order valence-electron chi connectivity index (χ3n) is 1.70. The molecule has 0 spiro atoms. The van der Waals surface area contributed by atoms with Crippen molar-refractivity contribution in [3.05, 3.63) is 23.7 Å². The van der Waals surface area contributed by atoms with E-state index in [1.54, 1.807) is 0 Å². The summed E-state index contributed by atoms with van der Waals surface area (Å²) in [5, 5.41) is 0.409. The Morgan fingerprint density at radius 3 is 3.43 bits per heavy atom. The Morgan fingerprint density at radius 1 is 1.79 bits per heavy atom. The van der Waals surface area contributed by atoms with Gasteiger partial charge in [0.2, 0.25) is 6.75 Å². The number of ether oxygens (including phenoxy) is 2. The van der Waals surface area contributed by atoms with Crippen molar-refractivity contribution in [2.45, 2.75) is 19.3 Å². The van der Waals surface area contributed by atoms with Crippen LogP contribution in [0.3, 0.4) is 0 Å². The van der Waals surface area contributed by atoms with Crippen LogP contribution >= 0.6 is 0 Å². The fourth-order valence-corrected chi connectivity index (χ4v) is 0.997. The van der Waals surface area contributed by atoms with Crippen LogP contribution in [0.4, 0.5) is 0 Å². The molecule has 1 unspecified atom stereocenters. The average molecular weight is 203 g/mol. The van der Waals surface area contributed by atoms with Crippen LogP contribution in [0.1, 0.15) is 24.8 Å². The Morgan fingerprint density at radius 2 is 2.64 bits per heavy atom. The molecule has 1 aliphatic heterocycles. The van der Waals surface area contributed by atoms with Gasteiger partial charge in [-0.05, 0) is 38.0 Å². The van der Waals surface area contributed by atoms with Crippen molar-refractivity contribution in [3.63, 3.8) is 0 Å². The predicted octanol–water partition coefficient (Wildman–Crippen LogP) is 1.57. The van der Waals surface area contributed by atoms with E-state index >= 15 is 0 Å². The summed E-state index contributed by atoms with van der Waals surface area (Å²) in [7, 11) is 1.07. The zero-order valence-corrected chi connectivity index (χ0v) is 7.47. The van der Waals surface area contributed by atoms with E-state index in [2.05, 4.69) is 0 Å². The van der Waals surface area contributed by atoms with Crippen LogP contribution in [0.15, 0.2) is 18.1 Å². The van der Waals surface area contributed by atoms with Crippen LogP contribution in [0.2, 0.25) is 1.41 Å². The molecule has 1 aromatic rings. The normalized spacial score (nSPS) is 33.0. The summed E-state index contributed by atoms with van der Waals surface area (Å²) in [4.78, 5) is 0. The lowest BCUT2D eigenvalue weighted by molar-refractivity contribution is 0.174. The van der Waals surface area contributed by atoms with E-state index in [9.17, 15) is 0 Å². The van der Waals surface area contributed by atoms with Gasteiger partial charge in [-0.15, -0.1) is 0 Å². The van der Waals surface area contributed by atoms with Crippen molar-refractivity contribution in [2.75, 3.05) is 13.8 Å². The third kappa shape index (κ3) is 1.82. The number of hydrogen-bond acceptors (Lipinski definition) is 3. The first-order chi connectivity index (χ1) is 10.7. The van der Waals surface area contributed by atoms with Crippen molar-refractivity contribution >= 4 is 0 Å². The lowest BCUT2D eigenvalue weighted by Gasteiger charge is -2.09. The average Bonchev–Trinajstić information content (AvgIpc) is 2.75. The first kappa shape index (κ1) is 3.14. The maximum absolute atomic E-state index is 8.10.